The Labute approximate surface area is 216 Å². The molecule has 1 saturated carbocycles. The van der Waals surface area contributed by atoms with Gasteiger partial charge in [0.05, 0.1) is 5.69 Å². The van der Waals surface area contributed by atoms with E-state index in [4.69, 9.17) is 9.97 Å². The van der Waals surface area contributed by atoms with Crippen molar-refractivity contribution in [2.45, 2.75) is 37.6 Å². The van der Waals surface area contributed by atoms with E-state index in [0.717, 1.165) is 66.3 Å². The van der Waals surface area contributed by atoms with Crippen molar-refractivity contribution in [3.63, 3.8) is 0 Å². The average Bonchev–Trinajstić information content (AvgIpc) is 3.73. The Balaban J connectivity index is 1.20. The smallest absolute Gasteiger partial charge is 0.251 e. The third-order valence-electron chi connectivity index (χ3n) is 6.95. The number of nitrogens with zero attached hydrogens (tertiary/aromatic N) is 4. The number of thioether (sulfide) groups is 1. The van der Waals surface area contributed by atoms with Gasteiger partial charge < -0.3 is 15.1 Å². The van der Waals surface area contributed by atoms with Gasteiger partial charge in [-0.3, -0.25) is 4.79 Å². The molecule has 3 aromatic rings. The van der Waals surface area contributed by atoms with Crippen LogP contribution in [0.1, 0.15) is 40.0 Å². The monoisotopic (exact) mass is 505 g/mol. The lowest BCUT2D eigenvalue weighted by Gasteiger charge is -2.37. The van der Waals surface area contributed by atoms with E-state index in [2.05, 4.69) is 22.0 Å². The van der Waals surface area contributed by atoms with Crippen LogP contribution in [0.2, 0.25) is 0 Å². The Hall–Kier alpha value is -3.13. The number of benzene rings is 2. The minimum atomic E-state index is -0.175. The van der Waals surface area contributed by atoms with Gasteiger partial charge in [0.2, 0.25) is 0 Å². The first-order valence-electron chi connectivity index (χ1n) is 12.6. The molecule has 2 aliphatic rings. The molecule has 0 radical (unpaired) electrons. The van der Waals surface area contributed by atoms with E-state index in [1.165, 1.54) is 18.9 Å². The van der Waals surface area contributed by atoms with Crippen molar-refractivity contribution < 1.29 is 9.18 Å². The minimum absolute atomic E-state index is 0.00154. The van der Waals surface area contributed by atoms with Crippen LogP contribution in [0.5, 0.6) is 0 Å². The Bertz CT molecular complexity index is 1220. The van der Waals surface area contributed by atoms with Crippen molar-refractivity contribution in [3.05, 3.63) is 76.7 Å². The molecule has 6 nitrogen and oxygen atoms in total. The number of para-hydroxylation sites is 1. The van der Waals surface area contributed by atoms with E-state index in [1.807, 2.05) is 43.3 Å². The van der Waals surface area contributed by atoms with Crippen molar-refractivity contribution >= 4 is 29.2 Å². The minimum Gasteiger partial charge on any atom is -0.366 e. The molecule has 2 heterocycles. The van der Waals surface area contributed by atoms with Crippen molar-refractivity contribution in [2.75, 3.05) is 42.5 Å². The highest BCUT2D eigenvalue weighted by atomic mass is 32.2. The van der Waals surface area contributed by atoms with Gasteiger partial charge in [-0.05, 0) is 62.4 Å². The maximum Gasteiger partial charge on any atom is 0.251 e. The molecule has 1 aliphatic heterocycles. The summed E-state index contributed by atoms with van der Waals surface area (Å²) in [5.41, 5.74) is 4.54. The van der Waals surface area contributed by atoms with Gasteiger partial charge in [0.25, 0.3) is 5.91 Å². The van der Waals surface area contributed by atoms with Crippen molar-refractivity contribution in [1.82, 2.24) is 15.3 Å². The Morgan fingerprint density at radius 1 is 1.00 bits per heavy atom. The van der Waals surface area contributed by atoms with E-state index in [9.17, 15) is 9.18 Å². The molecule has 36 heavy (non-hydrogen) atoms. The third-order valence-corrected chi connectivity index (χ3v) is 7.87. The standard InChI is InChI=1S/C28H32FN5OS/c1-19-20(2)31-28(36-18-22-9-11-23(12-10-22)27(35)30-17-21-7-8-21)32-26(19)34-15-13-33(14-16-34)25-6-4-3-5-24(25)29/h3-6,9-12,21H,7-8,13-18H2,1-2H3,(H,30,35). The lowest BCUT2D eigenvalue weighted by molar-refractivity contribution is 0.0952. The number of amides is 1. The summed E-state index contributed by atoms with van der Waals surface area (Å²) in [7, 11) is 0. The summed E-state index contributed by atoms with van der Waals surface area (Å²) in [6.07, 6.45) is 2.45. The molecule has 1 aromatic heterocycles. The van der Waals surface area contributed by atoms with Gasteiger partial charge >= 0.3 is 0 Å². The zero-order valence-corrected chi connectivity index (χ0v) is 21.7. The van der Waals surface area contributed by atoms with Crippen molar-refractivity contribution in [1.29, 1.82) is 0 Å². The molecule has 8 heteroatoms. The fraction of sp³-hybridized carbons (Fsp3) is 0.393. The molecule has 0 bridgehead atoms. The number of halogens is 1. The average molecular weight is 506 g/mol. The summed E-state index contributed by atoms with van der Waals surface area (Å²) < 4.78 is 14.2. The summed E-state index contributed by atoms with van der Waals surface area (Å²) in [4.78, 5) is 26.3. The summed E-state index contributed by atoms with van der Waals surface area (Å²) in [6, 6.07) is 14.7. The van der Waals surface area contributed by atoms with Crippen LogP contribution in [-0.2, 0) is 5.75 Å². The number of rotatable bonds is 8. The van der Waals surface area contributed by atoms with Gasteiger partial charge in [-0.15, -0.1) is 0 Å². The number of carbonyl (C=O) groups is 1. The Morgan fingerprint density at radius 3 is 2.39 bits per heavy atom. The number of hydrogen-bond acceptors (Lipinski definition) is 6. The molecule has 1 amide bonds. The highest BCUT2D eigenvalue weighted by Crippen LogP contribution is 2.29. The topological polar surface area (TPSA) is 61.4 Å². The molecule has 0 unspecified atom stereocenters. The number of nitrogens with one attached hydrogen (secondary N) is 1. The molecule has 2 aromatic carbocycles. The van der Waals surface area contributed by atoms with Crippen LogP contribution in [0.3, 0.4) is 0 Å². The second kappa shape index (κ2) is 10.9. The van der Waals surface area contributed by atoms with Crippen LogP contribution < -0.4 is 15.1 Å². The van der Waals surface area contributed by atoms with Crippen LogP contribution in [-0.4, -0.2) is 48.6 Å². The summed E-state index contributed by atoms with van der Waals surface area (Å²) in [6.45, 7) is 7.91. The zero-order valence-electron chi connectivity index (χ0n) is 20.8. The number of hydrogen-bond donors (Lipinski definition) is 1. The van der Waals surface area contributed by atoms with E-state index >= 15 is 0 Å². The lowest BCUT2D eigenvalue weighted by atomic mass is 10.1. The van der Waals surface area contributed by atoms with Crippen LogP contribution >= 0.6 is 11.8 Å². The first kappa shape index (κ1) is 24.6. The highest BCUT2D eigenvalue weighted by Gasteiger charge is 2.23. The molecular weight excluding hydrogens is 473 g/mol. The van der Waals surface area contributed by atoms with Crippen molar-refractivity contribution in [3.8, 4) is 0 Å². The Morgan fingerprint density at radius 2 is 1.69 bits per heavy atom. The second-order valence-electron chi connectivity index (χ2n) is 9.60. The number of aryl methyl sites for hydroxylation is 1. The molecule has 1 saturated heterocycles. The number of anilines is 2. The van der Waals surface area contributed by atoms with Crippen LogP contribution in [0.15, 0.2) is 53.7 Å². The largest absolute Gasteiger partial charge is 0.366 e. The van der Waals surface area contributed by atoms with Gasteiger partial charge in [0, 0.05) is 55.3 Å². The third kappa shape index (κ3) is 5.81. The summed E-state index contributed by atoms with van der Waals surface area (Å²) in [5.74, 6) is 2.18. The molecule has 0 atom stereocenters. The predicted molar refractivity (Wildman–Crippen MR) is 143 cm³/mol. The first-order chi connectivity index (χ1) is 17.5. The van der Waals surface area contributed by atoms with Gasteiger partial charge in [0.1, 0.15) is 11.6 Å². The zero-order chi connectivity index (χ0) is 25.1. The van der Waals surface area contributed by atoms with E-state index in [0.29, 0.717) is 17.2 Å². The van der Waals surface area contributed by atoms with Crippen LogP contribution in [0.4, 0.5) is 15.9 Å². The normalized spacial score (nSPS) is 15.8. The number of aromatic nitrogens is 2. The molecular formula is C28H32FN5OS. The number of piperazine rings is 1. The molecule has 0 spiro atoms. The fourth-order valence-electron chi connectivity index (χ4n) is 4.39. The summed E-state index contributed by atoms with van der Waals surface area (Å²) in [5, 5.41) is 3.76. The van der Waals surface area contributed by atoms with Gasteiger partial charge in [-0.2, -0.15) is 0 Å². The van der Waals surface area contributed by atoms with Gasteiger partial charge in [0.15, 0.2) is 5.16 Å². The van der Waals surface area contributed by atoms with Crippen LogP contribution in [0.25, 0.3) is 0 Å². The van der Waals surface area contributed by atoms with E-state index < -0.39 is 0 Å². The highest BCUT2D eigenvalue weighted by molar-refractivity contribution is 7.98. The molecule has 1 aliphatic carbocycles. The predicted octanol–water partition coefficient (Wildman–Crippen LogP) is 4.99. The van der Waals surface area contributed by atoms with Crippen LogP contribution in [0, 0.1) is 25.6 Å². The molecule has 5 rings (SSSR count). The molecule has 188 valence electrons. The quantitative estimate of drug-likeness (QED) is 0.344. The maximum atomic E-state index is 14.2. The Kier molecular flexibility index (Phi) is 7.41. The van der Waals surface area contributed by atoms with Gasteiger partial charge in [-0.1, -0.05) is 36.0 Å². The van der Waals surface area contributed by atoms with E-state index in [1.54, 1.807) is 17.8 Å². The SMILES string of the molecule is Cc1nc(SCc2ccc(C(=O)NCC3CC3)cc2)nc(N2CCN(c3ccccc3F)CC2)c1C. The molecule has 1 N–H and O–H groups in total. The lowest BCUT2D eigenvalue weighted by Crippen LogP contribution is -2.47. The van der Waals surface area contributed by atoms with Crippen molar-refractivity contribution in [2.24, 2.45) is 5.92 Å². The van der Waals surface area contributed by atoms with E-state index in [-0.39, 0.29) is 11.7 Å². The maximum absolute atomic E-state index is 14.2. The molecule has 2 fully saturated rings. The second-order valence-corrected chi connectivity index (χ2v) is 10.5. The fourth-order valence-corrected chi connectivity index (χ4v) is 5.23. The van der Waals surface area contributed by atoms with Gasteiger partial charge in [-0.25, -0.2) is 14.4 Å². The summed E-state index contributed by atoms with van der Waals surface area (Å²) >= 11 is 1.60. The number of carbonyl (C=O) groups excluding carboxylic acids is 1. The first-order valence-corrected chi connectivity index (χ1v) is 13.6.